The average molecular weight is 337 g/mol. The van der Waals surface area contributed by atoms with Crippen molar-refractivity contribution in [2.45, 2.75) is 18.2 Å². The number of nitrogens with one attached hydrogen (secondary N) is 2. The predicted molar refractivity (Wildman–Crippen MR) is 87.0 cm³/mol. The van der Waals surface area contributed by atoms with Crippen molar-refractivity contribution in [3.8, 4) is 0 Å². The van der Waals surface area contributed by atoms with Crippen molar-refractivity contribution in [3.05, 3.63) is 24.3 Å². The fraction of sp³-hybridized carbons (Fsp3) is 0.400. The summed E-state index contributed by atoms with van der Waals surface area (Å²) in [6, 6.07) is 7.59. The van der Waals surface area contributed by atoms with Gasteiger partial charge in [0.25, 0.3) is 0 Å². The van der Waals surface area contributed by atoms with E-state index in [-0.39, 0.29) is 25.5 Å². The quantitative estimate of drug-likeness (QED) is 0.643. The molecule has 0 spiro atoms. The third kappa shape index (κ3) is 4.38. The fourth-order valence-corrected chi connectivity index (χ4v) is 2.69. The summed E-state index contributed by atoms with van der Waals surface area (Å²) >= 11 is 1.62. The van der Waals surface area contributed by atoms with Crippen molar-refractivity contribution < 1.29 is 19.1 Å². The zero-order chi connectivity index (χ0) is 16.8. The van der Waals surface area contributed by atoms with Crippen LogP contribution in [-0.4, -0.2) is 37.3 Å². The van der Waals surface area contributed by atoms with E-state index in [1.54, 1.807) is 23.6 Å². The Kier molecular flexibility index (Phi) is 5.86. The van der Waals surface area contributed by atoms with E-state index in [9.17, 15) is 14.4 Å². The van der Waals surface area contributed by atoms with Crippen LogP contribution in [0.4, 0.5) is 10.5 Å². The minimum atomic E-state index is -0.727. The van der Waals surface area contributed by atoms with Crippen molar-refractivity contribution in [3.63, 3.8) is 0 Å². The molecule has 1 aliphatic rings. The first-order valence-electron chi connectivity index (χ1n) is 7.22. The maximum atomic E-state index is 12.1. The van der Waals surface area contributed by atoms with Gasteiger partial charge in [-0.05, 0) is 37.4 Å². The largest absolute Gasteiger partial charge is 0.449 e. The molecule has 1 unspecified atom stereocenters. The molecule has 1 aromatic rings. The Morgan fingerprint density at radius 3 is 2.61 bits per heavy atom. The number of thioether (sulfide) groups is 1. The first kappa shape index (κ1) is 17.1. The standard InChI is InChI=1S/C15H19N3O4S/c1-3-22-15(21)17-16-14(20)10-8-13(19)18(9-10)11-4-6-12(23-2)7-5-11/h4-7,10H,3,8-9H2,1-2H3,(H,16,20)(H,17,21). The topological polar surface area (TPSA) is 87.7 Å². The summed E-state index contributed by atoms with van der Waals surface area (Å²) in [5.74, 6) is -1.03. The summed E-state index contributed by atoms with van der Waals surface area (Å²) in [5, 5.41) is 0. The molecule has 1 aromatic carbocycles. The van der Waals surface area contributed by atoms with Gasteiger partial charge in [-0.15, -0.1) is 11.8 Å². The van der Waals surface area contributed by atoms with Gasteiger partial charge in [0.15, 0.2) is 0 Å². The molecule has 7 nitrogen and oxygen atoms in total. The summed E-state index contributed by atoms with van der Waals surface area (Å²) in [6.45, 7) is 2.16. The van der Waals surface area contributed by atoms with E-state index in [2.05, 4.69) is 15.6 Å². The number of rotatable bonds is 4. The average Bonchev–Trinajstić information content (AvgIpc) is 2.95. The molecular weight excluding hydrogens is 318 g/mol. The van der Waals surface area contributed by atoms with Crippen molar-refractivity contribution in [1.29, 1.82) is 0 Å². The second-order valence-corrected chi connectivity index (χ2v) is 5.82. The minimum absolute atomic E-state index is 0.112. The molecule has 2 rings (SSSR count). The van der Waals surface area contributed by atoms with Gasteiger partial charge in [-0.25, -0.2) is 10.2 Å². The number of hydrazine groups is 1. The third-order valence-corrected chi connectivity index (χ3v) is 4.19. The highest BCUT2D eigenvalue weighted by Gasteiger charge is 2.35. The molecular formula is C15H19N3O4S. The number of hydrogen-bond acceptors (Lipinski definition) is 5. The van der Waals surface area contributed by atoms with Crippen molar-refractivity contribution in [1.82, 2.24) is 10.9 Å². The van der Waals surface area contributed by atoms with E-state index >= 15 is 0 Å². The highest BCUT2D eigenvalue weighted by Crippen LogP contribution is 2.27. The SMILES string of the molecule is CCOC(=O)NNC(=O)C1CC(=O)N(c2ccc(SC)cc2)C1. The van der Waals surface area contributed by atoms with Crippen LogP contribution in [0.1, 0.15) is 13.3 Å². The van der Waals surface area contributed by atoms with E-state index in [1.807, 2.05) is 30.5 Å². The molecule has 1 fully saturated rings. The second-order valence-electron chi connectivity index (χ2n) is 4.94. The Hall–Kier alpha value is -2.22. The van der Waals surface area contributed by atoms with Gasteiger partial charge in [-0.1, -0.05) is 0 Å². The summed E-state index contributed by atoms with van der Waals surface area (Å²) in [7, 11) is 0. The monoisotopic (exact) mass is 337 g/mol. The van der Waals surface area contributed by atoms with E-state index in [0.29, 0.717) is 0 Å². The van der Waals surface area contributed by atoms with Crippen LogP contribution in [-0.2, 0) is 14.3 Å². The summed E-state index contributed by atoms with van der Waals surface area (Å²) in [6.07, 6.45) is 1.36. The highest BCUT2D eigenvalue weighted by atomic mass is 32.2. The molecule has 124 valence electrons. The maximum Gasteiger partial charge on any atom is 0.426 e. The van der Waals surface area contributed by atoms with Crippen LogP contribution in [0.25, 0.3) is 0 Å². The molecule has 1 heterocycles. The summed E-state index contributed by atoms with van der Waals surface area (Å²) in [4.78, 5) is 38.0. The minimum Gasteiger partial charge on any atom is -0.449 e. The first-order valence-corrected chi connectivity index (χ1v) is 8.44. The van der Waals surface area contributed by atoms with Gasteiger partial charge < -0.3 is 9.64 Å². The van der Waals surface area contributed by atoms with Gasteiger partial charge in [0, 0.05) is 23.5 Å². The Bertz CT molecular complexity index is 591. The summed E-state index contributed by atoms with van der Waals surface area (Å²) < 4.78 is 4.64. The third-order valence-electron chi connectivity index (χ3n) is 3.44. The molecule has 1 atom stereocenters. The van der Waals surface area contributed by atoms with Gasteiger partial charge in [0.1, 0.15) is 0 Å². The molecule has 23 heavy (non-hydrogen) atoms. The van der Waals surface area contributed by atoms with Crippen LogP contribution in [0, 0.1) is 5.92 Å². The molecule has 3 amide bonds. The Balaban J connectivity index is 1.93. The van der Waals surface area contributed by atoms with Gasteiger partial charge in [0.05, 0.1) is 12.5 Å². The Morgan fingerprint density at radius 1 is 1.30 bits per heavy atom. The van der Waals surface area contributed by atoms with E-state index in [4.69, 9.17) is 0 Å². The smallest absolute Gasteiger partial charge is 0.426 e. The van der Waals surface area contributed by atoms with Crippen molar-refractivity contribution in [2.24, 2.45) is 5.92 Å². The first-order chi connectivity index (χ1) is 11.0. The van der Waals surface area contributed by atoms with Gasteiger partial charge in [-0.2, -0.15) is 0 Å². The van der Waals surface area contributed by atoms with Gasteiger partial charge in [0.2, 0.25) is 11.8 Å². The van der Waals surface area contributed by atoms with Crippen LogP contribution in [0.3, 0.4) is 0 Å². The molecule has 0 saturated carbocycles. The number of benzene rings is 1. The van der Waals surface area contributed by atoms with E-state index < -0.39 is 17.9 Å². The summed E-state index contributed by atoms with van der Waals surface area (Å²) in [5.41, 5.74) is 5.19. The van der Waals surface area contributed by atoms with Crippen LogP contribution in [0.15, 0.2) is 29.2 Å². The second kappa shape index (κ2) is 7.87. The van der Waals surface area contributed by atoms with Gasteiger partial charge in [-0.3, -0.25) is 15.0 Å². The van der Waals surface area contributed by atoms with Crippen LogP contribution in [0.5, 0.6) is 0 Å². The lowest BCUT2D eigenvalue weighted by Crippen LogP contribution is -2.45. The molecule has 8 heteroatoms. The van der Waals surface area contributed by atoms with Crippen LogP contribution >= 0.6 is 11.8 Å². The van der Waals surface area contributed by atoms with E-state index in [1.165, 1.54) is 0 Å². The number of carbonyl (C=O) groups excluding carboxylic acids is 3. The zero-order valence-electron chi connectivity index (χ0n) is 13.0. The van der Waals surface area contributed by atoms with Crippen LogP contribution < -0.4 is 15.8 Å². The van der Waals surface area contributed by atoms with Crippen molar-refractivity contribution in [2.75, 3.05) is 24.3 Å². The highest BCUT2D eigenvalue weighted by molar-refractivity contribution is 7.98. The fourth-order valence-electron chi connectivity index (χ4n) is 2.28. The van der Waals surface area contributed by atoms with E-state index in [0.717, 1.165) is 10.6 Å². The molecule has 0 aromatic heterocycles. The molecule has 0 aliphatic carbocycles. The Labute approximate surface area is 138 Å². The predicted octanol–water partition coefficient (Wildman–Crippen LogP) is 1.54. The number of anilines is 1. The number of ether oxygens (including phenoxy) is 1. The molecule has 2 N–H and O–H groups in total. The zero-order valence-corrected chi connectivity index (χ0v) is 13.8. The number of nitrogens with zero attached hydrogens (tertiary/aromatic N) is 1. The lowest BCUT2D eigenvalue weighted by atomic mass is 10.1. The maximum absolute atomic E-state index is 12.1. The number of amides is 3. The van der Waals surface area contributed by atoms with Crippen molar-refractivity contribution >= 4 is 35.4 Å². The number of hydrogen-bond donors (Lipinski definition) is 2. The Morgan fingerprint density at radius 2 is 2.00 bits per heavy atom. The van der Waals surface area contributed by atoms with Crippen LogP contribution in [0.2, 0.25) is 0 Å². The normalized spacial score (nSPS) is 17.0. The number of carbonyl (C=O) groups is 3. The molecule has 1 aliphatic heterocycles. The lowest BCUT2D eigenvalue weighted by molar-refractivity contribution is -0.127. The van der Waals surface area contributed by atoms with Gasteiger partial charge >= 0.3 is 6.09 Å². The lowest BCUT2D eigenvalue weighted by Gasteiger charge is -2.17. The molecule has 1 saturated heterocycles. The molecule has 0 bridgehead atoms. The molecule has 0 radical (unpaired) electrons.